The monoisotopic (exact) mass is 625 g/mol. The fraction of sp³-hybridized carbons (Fsp3) is 0. The van der Waals surface area contributed by atoms with Crippen LogP contribution in [-0.2, 0) is 0 Å². The average molecular weight is 626 g/mol. The Morgan fingerprint density at radius 3 is 1.86 bits per heavy atom. The molecule has 0 bridgehead atoms. The second-order valence-corrected chi connectivity index (χ2v) is 12.8. The summed E-state index contributed by atoms with van der Waals surface area (Å²) in [7, 11) is 0. The molecular weight excluding hydrogens is 599 g/mol. The minimum absolute atomic E-state index is 0.790. The molecule has 3 nitrogen and oxygen atoms in total. The van der Waals surface area contributed by atoms with Crippen LogP contribution in [0, 0.1) is 0 Å². The Kier molecular flexibility index (Phi) is 5.38. The Morgan fingerprint density at radius 1 is 0.429 bits per heavy atom. The van der Waals surface area contributed by atoms with Crippen molar-refractivity contribution in [2.75, 3.05) is 0 Å². The van der Waals surface area contributed by atoms with Gasteiger partial charge < -0.3 is 13.4 Å². The van der Waals surface area contributed by atoms with Gasteiger partial charge in [-0.05, 0) is 92.3 Å². The fourth-order valence-electron chi connectivity index (χ4n) is 8.23. The van der Waals surface area contributed by atoms with E-state index >= 15 is 0 Å². The summed E-state index contributed by atoms with van der Waals surface area (Å²) in [5.41, 5.74) is 10.8. The summed E-state index contributed by atoms with van der Waals surface area (Å²) in [6, 6.07) is 56.8. The number of rotatable bonds is 3. The van der Waals surface area contributed by atoms with E-state index < -0.39 is 0 Å². The van der Waals surface area contributed by atoms with Gasteiger partial charge >= 0.3 is 0 Å². The van der Waals surface area contributed by atoms with E-state index in [0.29, 0.717) is 0 Å². The first-order valence-corrected chi connectivity index (χ1v) is 16.7. The number of furan rings is 2. The van der Waals surface area contributed by atoms with E-state index in [9.17, 15) is 0 Å². The van der Waals surface area contributed by atoms with Gasteiger partial charge in [0.2, 0.25) is 0 Å². The topological polar surface area (TPSA) is 31.2 Å². The lowest BCUT2D eigenvalue weighted by molar-refractivity contribution is 0.600. The standard InChI is InChI=1S/C46H27NO2/c1-2-11-30(12-3-1)47-39-19-9-8-17-37(39)44-38(18-10-20-40(44)47)43-34-15-6-4-13-32(34)42(33-14-5-7-16-35(33)43)29-22-23-31-36-24-21-28-25-26-48-45(28)46(36)49-41(31)27-29/h1-27H. The van der Waals surface area contributed by atoms with Crippen molar-refractivity contribution in [3.63, 3.8) is 0 Å². The molecule has 3 heteroatoms. The predicted molar refractivity (Wildman–Crippen MR) is 204 cm³/mol. The molecule has 8 aromatic carbocycles. The molecule has 0 saturated heterocycles. The second-order valence-electron chi connectivity index (χ2n) is 12.8. The maximum Gasteiger partial charge on any atom is 0.178 e. The Hall–Kier alpha value is -6.58. The van der Waals surface area contributed by atoms with E-state index in [1.807, 2.05) is 6.07 Å². The number of para-hydroxylation sites is 2. The molecule has 0 saturated carbocycles. The fourth-order valence-corrected chi connectivity index (χ4v) is 8.23. The second kappa shape index (κ2) is 9.96. The lowest BCUT2D eigenvalue weighted by Gasteiger charge is -2.18. The van der Waals surface area contributed by atoms with Gasteiger partial charge in [-0.15, -0.1) is 0 Å². The zero-order chi connectivity index (χ0) is 32.1. The molecule has 0 radical (unpaired) electrons. The van der Waals surface area contributed by atoms with Crippen LogP contribution in [0.25, 0.3) is 104 Å². The van der Waals surface area contributed by atoms with E-state index in [1.54, 1.807) is 6.26 Å². The highest BCUT2D eigenvalue weighted by atomic mass is 16.4. The summed E-state index contributed by atoms with van der Waals surface area (Å²) in [4.78, 5) is 0. The quantitative estimate of drug-likeness (QED) is 0.183. The molecule has 228 valence electrons. The van der Waals surface area contributed by atoms with Crippen LogP contribution in [0.15, 0.2) is 173 Å². The minimum Gasteiger partial charge on any atom is -0.460 e. The SMILES string of the molecule is c1ccc(-n2c3ccccc3c3c(-c4c5ccccc5c(-c5ccc6c(c5)oc5c6ccc6ccoc65)c5ccccc45)cccc32)cc1. The Morgan fingerprint density at radius 2 is 1.08 bits per heavy atom. The third-order valence-electron chi connectivity index (χ3n) is 10.3. The van der Waals surface area contributed by atoms with Crippen LogP contribution in [0.5, 0.6) is 0 Å². The molecule has 11 aromatic rings. The smallest absolute Gasteiger partial charge is 0.178 e. The van der Waals surface area contributed by atoms with Gasteiger partial charge in [-0.3, -0.25) is 0 Å². The summed E-state index contributed by atoms with van der Waals surface area (Å²) in [5.74, 6) is 0. The van der Waals surface area contributed by atoms with E-state index in [-0.39, 0.29) is 0 Å². The number of nitrogens with zero attached hydrogens (tertiary/aromatic N) is 1. The molecular formula is C46H27NO2. The normalized spacial score (nSPS) is 12.1. The first-order chi connectivity index (χ1) is 24.3. The lowest BCUT2D eigenvalue weighted by Crippen LogP contribution is -1.93. The van der Waals surface area contributed by atoms with Crippen molar-refractivity contribution in [2.24, 2.45) is 0 Å². The van der Waals surface area contributed by atoms with E-state index in [1.165, 1.54) is 60.0 Å². The molecule has 11 rings (SSSR count). The number of hydrogen-bond acceptors (Lipinski definition) is 2. The summed E-state index contributed by atoms with van der Waals surface area (Å²) < 4.78 is 14.8. The van der Waals surface area contributed by atoms with Crippen LogP contribution in [0.2, 0.25) is 0 Å². The van der Waals surface area contributed by atoms with Crippen molar-refractivity contribution in [3.8, 4) is 27.9 Å². The molecule has 0 aliphatic heterocycles. The van der Waals surface area contributed by atoms with Gasteiger partial charge in [0.1, 0.15) is 5.58 Å². The van der Waals surface area contributed by atoms with Crippen molar-refractivity contribution in [1.29, 1.82) is 0 Å². The number of aromatic nitrogens is 1. The maximum atomic E-state index is 6.54. The molecule has 0 N–H and O–H groups in total. The van der Waals surface area contributed by atoms with Gasteiger partial charge in [0.25, 0.3) is 0 Å². The van der Waals surface area contributed by atoms with Crippen molar-refractivity contribution < 1.29 is 8.83 Å². The summed E-state index contributed by atoms with van der Waals surface area (Å²) in [5, 5.41) is 10.6. The van der Waals surface area contributed by atoms with Crippen LogP contribution in [0.4, 0.5) is 0 Å². The molecule has 0 fully saturated rings. The van der Waals surface area contributed by atoms with Gasteiger partial charge in [0, 0.05) is 32.6 Å². The van der Waals surface area contributed by atoms with Crippen LogP contribution in [0.3, 0.4) is 0 Å². The van der Waals surface area contributed by atoms with E-state index in [4.69, 9.17) is 8.83 Å². The number of benzene rings is 8. The summed E-state index contributed by atoms with van der Waals surface area (Å²) in [6.45, 7) is 0. The van der Waals surface area contributed by atoms with Gasteiger partial charge in [-0.2, -0.15) is 0 Å². The number of hydrogen-bond donors (Lipinski definition) is 0. The molecule has 0 atom stereocenters. The zero-order valence-electron chi connectivity index (χ0n) is 26.4. The Balaban J connectivity index is 1.23. The average Bonchev–Trinajstić information content (AvgIpc) is 3.88. The molecule has 49 heavy (non-hydrogen) atoms. The molecule has 0 amide bonds. The van der Waals surface area contributed by atoms with Crippen LogP contribution in [0.1, 0.15) is 0 Å². The molecule has 0 aliphatic carbocycles. The predicted octanol–water partition coefficient (Wildman–Crippen LogP) is 13.1. The van der Waals surface area contributed by atoms with E-state index in [0.717, 1.165) is 44.2 Å². The minimum atomic E-state index is 0.790. The zero-order valence-corrected chi connectivity index (χ0v) is 26.4. The highest BCUT2D eigenvalue weighted by Gasteiger charge is 2.22. The van der Waals surface area contributed by atoms with Gasteiger partial charge in [0.15, 0.2) is 11.2 Å². The van der Waals surface area contributed by atoms with Crippen LogP contribution < -0.4 is 0 Å². The van der Waals surface area contributed by atoms with Gasteiger partial charge in [0.05, 0.1) is 17.3 Å². The van der Waals surface area contributed by atoms with Crippen molar-refractivity contribution >= 4 is 76.3 Å². The first kappa shape index (κ1) is 26.5. The van der Waals surface area contributed by atoms with Crippen molar-refractivity contribution in [3.05, 3.63) is 164 Å². The number of fused-ring (bicyclic) bond motifs is 10. The summed E-state index contributed by atoms with van der Waals surface area (Å²) in [6.07, 6.45) is 1.72. The van der Waals surface area contributed by atoms with Crippen molar-refractivity contribution in [1.82, 2.24) is 4.57 Å². The Labute approximate surface area is 280 Å². The van der Waals surface area contributed by atoms with Crippen LogP contribution in [-0.4, -0.2) is 4.57 Å². The van der Waals surface area contributed by atoms with Crippen LogP contribution >= 0.6 is 0 Å². The third-order valence-corrected chi connectivity index (χ3v) is 10.3. The lowest BCUT2D eigenvalue weighted by atomic mass is 9.85. The highest BCUT2D eigenvalue weighted by Crippen LogP contribution is 2.48. The van der Waals surface area contributed by atoms with E-state index in [2.05, 4.69) is 156 Å². The molecule has 0 aliphatic rings. The van der Waals surface area contributed by atoms with Crippen molar-refractivity contribution in [2.45, 2.75) is 0 Å². The molecule has 3 heterocycles. The largest absolute Gasteiger partial charge is 0.460 e. The Bertz CT molecular complexity index is 3050. The first-order valence-electron chi connectivity index (χ1n) is 16.7. The summed E-state index contributed by atoms with van der Waals surface area (Å²) >= 11 is 0. The van der Waals surface area contributed by atoms with Gasteiger partial charge in [-0.25, -0.2) is 0 Å². The third kappa shape index (κ3) is 3.67. The molecule has 0 unspecified atom stereocenters. The molecule has 3 aromatic heterocycles. The maximum absolute atomic E-state index is 6.54. The highest BCUT2D eigenvalue weighted by molar-refractivity contribution is 6.27. The van der Waals surface area contributed by atoms with Gasteiger partial charge in [-0.1, -0.05) is 109 Å². The molecule has 0 spiro atoms.